The lowest BCUT2D eigenvalue weighted by molar-refractivity contribution is 0.530. The van der Waals surface area contributed by atoms with Gasteiger partial charge in [-0.3, -0.25) is 4.68 Å². The van der Waals surface area contributed by atoms with Crippen LogP contribution in [0.25, 0.3) is 0 Å². The van der Waals surface area contributed by atoms with Crippen LogP contribution >= 0.6 is 21.8 Å². The minimum Gasteiger partial charge on any atom is -0.251 e. The van der Waals surface area contributed by atoms with Gasteiger partial charge in [-0.15, -0.1) is 0 Å². The van der Waals surface area contributed by atoms with E-state index in [1.165, 1.54) is 10.8 Å². The van der Waals surface area contributed by atoms with Crippen molar-refractivity contribution in [1.82, 2.24) is 14.1 Å². The summed E-state index contributed by atoms with van der Waals surface area (Å²) in [5.74, 6) is 0.705. The predicted molar refractivity (Wildman–Crippen MR) is 78.8 cm³/mol. The van der Waals surface area contributed by atoms with Crippen LogP contribution in [0.3, 0.4) is 0 Å². The number of aryl methyl sites for hydroxylation is 2. The van der Waals surface area contributed by atoms with Crippen LogP contribution < -0.4 is 0 Å². The maximum atomic E-state index is 9.08. The van der Waals surface area contributed by atoms with Gasteiger partial charge >= 0.3 is 0 Å². The molecular formula is C11H17N5S2. The van der Waals surface area contributed by atoms with E-state index in [0.29, 0.717) is 10.9 Å². The normalized spacial score (nSPS) is 11.9. The summed E-state index contributed by atoms with van der Waals surface area (Å²) in [6.07, 6.45) is 0. The van der Waals surface area contributed by atoms with Gasteiger partial charge in [-0.2, -0.15) is 10.4 Å². The van der Waals surface area contributed by atoms with E-state index in [1.54, 1.807) is 15.7 Å². The van der Waals surface area contributed by atoms with Crippen molar-refractivity contribution in [2.24, 2.45) is 12.0 Å². The lowest BCUT2D eigenvalue weighted by Crippen LogP contribution is -2.12. The number of aliphatic imine (C=N–C) groups is 1. The number of aromatic nitrogens is 2. The minimum absolute atomic E-state index is 0.440. The Kier molecular flexibility index (Phi) is 6.25. The highest BCUT2D eigenvalue weighted by molar-refractivity contribution is 8.81. The van der Waals surface area contributed by atoms with Gasteiger partial charge in [-0.1, -0.05) is 13.8 Å². The molecule has 7 heteroatoms. The van der Waals surface area contributed by atoms with E-state index >= 15 is 0 Å². The second kappa shape index (κ2) is 7.46. The summed E-state index contributed by atoms with van der Waals surface area (Å²) in [5, 5.41) is 13.7. The van der Waals surface area contributed by atoms with Crippen LogP contribution in [0, 0.1) is 18.3 Å². The Labute approximate surface area is 116 Å². The number of rotatable bonds is 5. The molecule has 0 saturated carbocycles. The Bertz CT molecular complexity index is 456. The van der Waals surface area contributed by atoms with Gasteiger partial charge < -0.3 is 0 Å². The van der Waals surface area contributed by atoms with Crippen LogP contribution in [0.4, 0.5) is 5.82 Å². The van der Waals surface area contributed by atoms with Gasteiger partial charge in [0.25, 0.3) is 0 Å². The summed E-state index contributed by atoms with van der Waals surface area (Å²) in [5.41, 5.74) is 0.898. The lowest BCUT2D eigenvalue weighted by Gasteiger charge is -2.14. The molecule has 0 fully saturated rings. The molecule has 1 aromatic heterocycles. The Morgan fingerprint density at radius 1 is 1.56 bits per heavy atom. The summed E-state index contributed by atoms with van der Waals surface area (Å²) < 4.78 is 3.83. The largest absolute Gasteiger partial charge is 0.251 e. The predicted octanol–water partition coefficient (Wildman–Crippen LogP) is 2.92. The number of hydrogen-bond acceptors (Lipinski definition) is 6. The summed E-state index contributed by atoms with van der Waals surface area (Å²) in [4.78, 5) is 4.31. The SMILES string of the molecule is CCN(CC)SS/C(C#N)=N\c1cc(C)nn1C. The van der Waals surface area contributed by atoms with Crippen molar-refractivity contribution < 1.29 is 0 Å². The summed E-state index contributed by atoms with van der Waals surface area (Å²) in [6, 6.07) is 3.98. The fourth-order valence-corrected chi connectivity index (χ4v) is 3.22. The molecule has 1 aromatic rings. The van der Waals surface area contributed by atoms with Crippen molar-refractivity contribution in [3.05, 3.63) is 11.8 Å². The van der Waals surface area contributed by atoms with Gasteiger partial charge in [0.15, 0.2) is 10.9 Å². The van der Waals surface area contributed by atoms with E-state index in [-0.39, 0.29) is 0 Å². The van der Waals surface area contributed by atoms with Gasteiger partial charge in [0.1, 0.15) is 6.07 Å². The molecule has 98 valence electrons. The van der Waals surface area contributed by atoms with Gasteiger partial charge in [0, 0.05) is 26.2 Å². The number of nitriles is 1. The van der Waals surface area contributed by atoms with Crippen LogP contribution in [0.15, 0.2) is 11.1 Å². The molecule has 0 radical (unpaired) electrons. The summed E-state index contributed by atoms with van der Waals surface area (Å²) in [6.45, 7) is 7.97. The average molecular weight is 283 g/mol. The Morgan fingerprint density at radius 2 is 2.22 bits per heavy atom. The first-order valence-electron chi connectivity index (χ1n) is 5.69. The van der Waals surface area contributed by atoms with Crippen molar-refractivity contribution in [1.29, 1.82) is 5.26 Å². The third kappa shape index (κ3) is 4.37. The highest BCUT2D eigenvalue weighted by Gasteiger charge is 2.07. The molecule has 0 amide bonds. The van der Waals surface area contributed by atoms with Crippen LogP contribution in [0.2, 0.25) is 0 Å². The maximum absolute atomic E-state index is 9.08. The van der Waals surface area contributed by atoms with E-state index in [9.17, 15) is 0 Å². The first kappa shape index (κ1) is 15.1. The molecule has 1 heterocycles. The average Bonchev–Trinajstić information content (AvgIpc) is 2.67. The van der Waals surface area contributed by atoms with Crippen molar-refractivity contribution in [2.75, 3.05) is 13.1 Å². The summed E-state index contributed by atoms with van der Waals surface area (Å²) in [7, 11) is 4.76. The van der Waals surface area contributed by atoms with Crippen LogP contribution in [-0.2, 0) is 7.05 Å². The molecule has 0 aliphatic rings. The quantitative estimate of drug-likeness (QED) is 0.360. The van der Waals surface area contributed by atoms with E-state index in [1.807, 2.05) is 20.0 Å². The van der Waals surface area contributed by atoms with Crippen molar-refractivity contribution in [3.63, 3.8) is 0 Å². The Balaban J connectivity index is 2.72. The highest BCUT2D eigenvalue weighted by Crippen LogP contribution is 2.28. The molecule has 0 spiro atoms. The fraction of sp³-hybridized carbons (Fsp3) is 0.545. The first-order chi connectivity index (χ1) is 8.60. The van der Waals surface area contributed by atoms with E-state index in [4.69, 9.17) is 5.26 Å². The smallest absolute Gasteiger partial charge is 0.187 e. The Morgan fingerprint density at radius 3 is 2.67 bits per heavy atom. The van der Waals surface area contributed by atoms with E-state index in [0.717, 1.165) is 18.8 Å². The van der Waals surface area contributed by atoms with E-state index < -0.39 is 0 Å². The van der Waals surface area contributed by atoms with Crippen LogP contribution in [0.1, 0.15) is 19.5 Å². The third-order valence-corrected chi connectivity index (χ3v) is 4.69. The molecule has 0 saturated heterocycles. The monoisotopic (exact) mass is 283 g/mol. The fourth-order valence-electron chi connectivity index (χ4n) is 1.28. The van der Waals surface area contributed by atoms with Crippen LogP contribution in [-0.4, -0.2) is 32.2 Å². The molecule has 0 aromatic carbocycles. The molecular weight excluding hydrogens is 266 g/mol. The molecule has 0 atom stereocenters. The zero-order chi connectivity index (χ0) is 13.5. The van der Waals surface area contributed by atoms with Crippen LogP contribution in [0.5, 0.6) is 0 Å². The first-order valence-corrected chi connectivity index (χ1v) is 7.80. The van der Waals surface area contributed by atoms with E-state index in [2.05, 4.69) is 34.3 Å². The van der Waals surface area contributed by atoms with Crippen molar-refractivity contribution >= 4 is 32.6 Å². The van der Waals surface area contributed by atoms with Gasteiger partial charge in [-0.25, -0.2) is 9.30 Å². The zero-order valence-electron chi connectivity index (χ0n) is 11.0. The minimum atomic E-state index is 0.440. The topological polar surface area (TPSA) is 57.2 Å². The molecule has 0 N–H and O–H groups in total. The molecule has 0 bridgehead atoms. The molecule has 1 rings (SSSR count). The second-order valence-electron chi connectivity index (χ2n) is 3.57. The third-order valence-electron chi connectivity index (χ3n) is 2.22. The van der Waals surface area contributed by atoms with Gasteiger partial charge in [0.05, 0.1) is 5.69 Å². The van der Waals surface area contributed by atoms with Gasteiger partial charge in [-0.05, 0) is 28.7 Å². The molecule has 0 aliphatic carbocycles. The van der Waals surface area contributed by atoms with Gasteiger partial charge in [0.2, 0.25) is 0 Å². The van der Waals surface area contributed by atoms with Crippen molar-refractivity contribution in [3.8, 4) is 6.07 Å². The van der Waals surface area contributed by atoms with Crippen molar-refractivity contribution in [2.45, 2.75) is 20.8 Å². The highest BCUT2D eigenvalue weighted by atomic mass is 33.1. The zero-order valence-corrected chi connectivity index (χ0v) is 12.7. The molecule has 5 nitrogen and oxygen atoms in total. The lowest BCUT2D eigenvalue weighted by atomic mass is 10.5. The molecule has 0 unspecified atom stereocenters. The molecule has 18 heavy (non-hydrogen) atoms. The standard InChI is InChI=1S/C11H17N5S2/c1-5-16(6-2)18-17-11(8-12)13-10-7-9(3)14-15(10)4/h7H,5-6H2,1-4H3/b13-11-. The Hall–Kier alpha value is -0.970. The maximum Gasteiger partial charge on any atom is 0.187 e. The summed E-state index contributed by atoms with van der Waals surface area (Å²) >= 11 is 0. The number of nitrogens with zero attached hydrogens (tertiary/aromatic N) is 5. The molecule has 0 aliphatic heterocycles. The second-order valence-corrected chi connectivity index (χ2v) is 5.73. The number of hydrogen-bond donors (Lipinski definition) is 0.